The number of amides is 1. The number of methoxy groups -OCH3 is 1. The van der Waals surface area contributed by atoms with Crippen molar-refractivity contribution in [1.82, 2.24) is 14.9 Å². The Labute approximate surface area is 292 Å². The number of sulfonamides is 1. The van der Waals surface area contributed by atoms with Gasteiger partial charge in [-0.05, 0) is 96.9 Å². The zero-order chi connectivity index (χ0) is 35.3. The minimum atomic E-state index is -3.82. The van der Waals surface area contributed by atoms with Crippen LogP contribution < -0.4 is 10.6 Å². The Hall–Kier alpha value is -3.71. The van der Waals surface area contributed by atoms with Crippen molar-refractivity contribution >= 4 is 21.9 Å². The first-order valence-electron chi connectivity index (χ1n) is 17.3. The Morgan fingerprint density at radius 3 is 2.42 bits per heavy atom. The molecule has 6 rings (SSSR count). The molecule has 9 nitrogen and oxygen atoms in total. The summed E-state index contributed by atoms with van der Waals surface area (Å²) < 4.78 is 69.7. The molecule has 50 heavy (non-hydrogen) atoms. The summed E-state index contributed by atoms with van der Waals surface area (Å²) in [4.78, 5) is 27.2. The van der Waals surface area contributed by atoms with Crippen LogP contribution in [0.1, 0.15) is 54.7 Å². The van der Waals surface area contributed by atoms with Crippen LogP contribution in [0, 0.1) is 23.0 Å². The average molecular weight is 710 g/mol. The predicted molar refractivity (Wildman–Crippen MR) is 184 cm³/mol. The van der Waals surface area contributed by atoms with Crippen LogP contribution in [0.4, 0.5) is 13.6 Å². The standard InChI is InChI=1S/C38H45F2N3O6S/c1-48-37(45)42-36(35(27-16-20-49-21-17-27)26-10-12-29(39)13-11-26)34(44)22-28-6-5-9-33(40)32(28)15-14-30-23-41-24-38(18-19-38)25-43(30)50(46,47)31-7-3-2-4-8-31/h2-13,27,30,35-36,41H,14-25H2,1H3,(H,42,45)/t30-,35-,36+/m0/s1. The number of benzene rings is 3. The lowest BCUT2D eigenvalue weighted by Crippen LogP contribution is -2.48. The van der Waals surface area contributed by atoms with Crippen molar-refractivity contribution in [2.45, 2.75) is 67.8 Å². The molecule has 3 aromatic rings. The highest BCUT2D eigenvalue weighted by atomic mass is 32.2. The van der Waals surface area contributed by atoms with Crippen molar-refractivity contribution in [3.63, 3.8) is 0 Å². The molecular weight excluding hydrogens is 664 g/mol. The zero-order valence-electron chi connectivity index (χ0n) is 28.3. The highest BCUT2D eigenvalue weighted by Gasteiger charge is 2.49. The van der Waals surface area contributed by atoms with Gasteiger partial charge in [0.1, 0.15) is 11.6 Å². The number of halogens is 2. The molecule has 2 aliphatic heterocycles. The van der Waals surface area contributed by atoms with Gasteiger partial charge in [0.2, 0.25) is 10.0 Å². The lowest BCUT2D eigenvalue weighted by Gasteiger charge is -2.36. The first-order valence-corrected chi connectivity index (χ1v) is 18.8. The molecular formula is C38H45F2N3O6S. The fourth-order valence-electron chi connectivity index (χ4n) is 7.60. The zero-order valence-corrected chi connectivity index (χ0v) is 29.1. The maximum atomic E-state index is 15.7. The monoisotopic (exact) mass is 709 g/mol. The minimum Gasteiger partial charge on any atom is -0.453 e. The number of ketones is 1. The second kappa shape index (κ2) is 15.7. The molecule has 1 saturated carbocycles. The van der Waals surface area contributed by atoms with Crippen molar-refractivity contribution in [3.8, 4) is 0 Å². The maximum Gasteiger partial charge on any atom is 0.407 e. The van der Waals surface area contributed by atoms with Crippen LogP contribution in [0.15, 0.2) is 77.7 Å². The van der Waals surface area contributed by atoms with Gasteiger partial charge < -0.3 is 20.1 Å². The van der Waals surface area contributed by atoms with Gasteiger partial charge in [-0.15, -0.1) is 0 Å². The van der Waals surface area contributed by atoms with Crippen molar-refractivity contribution < 1.29 is 36.3 Å². The number of nitrogens with zero attached hydrogens (tertiary/aromatic N) is 1. The number of carbonyl (C=O) groups is 2. The number of carbonyl (C=O) groups excluding carboxylic acids is 2. The van der Waals surface area contributed by atoms with E-state index in [9.17, 15) is 22.4 Å². The first kappa shape index (κ1) is 36.1. The second-order valence-electron chi connectivity index (χ2n) is 13.8. The number of Topliss-reactive ketones (excluding diaryl/α,β-unsaturated/α-hetero) is 1. The summed E-state index contributed by atoms with van der Waals surface area (Å²) in [6, 6.07) is 17.4. The lowest BCUT2D eigenvalue weighted by atomic mass is 9.74. The van der Waals surface area contributed by atoms with Crippen LogP contribution in [-0.2, 0) is 37.1 Å². The molecule has 3 atom stereocenters. The number of ether oxygens (including phenoxy) is 2. The molecule has 1 spiro atoms. The van der Waals surface area contributed by atoms with Crippen LogP contribution in [-0.4, -0.2) is 76.6 Å². The largest absolute Gasteiger partial charge is 0.453 e. The molecule has 2 saturated heterocycles. The molecule has 0 bridgehead atoms. The predicted octanol–water partition coefficient (Wildman–Crippen LogP) is 5.39. The SMILES string of the molecule is COC(=O)N[C@H](C(=O)Cc1cccc(F)c1CC[C@H]1CNCC2(CC2)CN1S(=O)(=O)c1ccccc1)[C@@H](c1ccc(F)cc1)C1CCOCC1. The Balaban J connectivity index is 1.27. The van der Waals surface area contributed by atoms with Crippen molar-refractivity contribution in [2.75, 3.05) is 40.0 Å². The molecule has 0 radical (unpaired) electrons. The van der Waals surface area contributed by atoms with E-state index in [0.717, 1.165) is 19.4 Å². The normalized spacial score (nSPS) is 20.8. The fourth-order valence-corrected chi connectivity index (χ4v) is 9.39. The van der Waals surface area contributed by atoms with Gasteiger partial charge in [-0.3, -0.25) is 4.79 Å². The Morgan fingerprint density at radius 1 is 1.02 bits per heavy atom. The molecule has 0 unspecified atom stereocenters. The highest BCUT2D eigenvalue weighted by Crippen LogP contribution is 2.48. The molecule has 1 aliphatic carbocycles. The third-order valence-electron chi connectivity index (χ3n) is 10.6. The molecule has 268 valence electrons. The van der Waals surface area contributed by atoms with E-state index < -0.39 is 45.8 Å². The van der Waals surface area contributed by atoms with E-state index in [4.69, 9.17) is 9.47 Å². The molecule has 0 aromatic heterocycles. The van der Waals surface area contributed by atoms with Gasteiger partial charge in [-0.25, -0.2) is 22.0 Å². The summed E-state index contributed by atoms with van der Waals surface area (Å²) in [7, 11) is -2.60. The van der Waals surface area contributed by atoms with Crippen molar-refractivity contribution in [2.24, 2.45) is 11.3 Å². The van der Waals surface area contributed by atoms with Gasteiger partial charge in [0.05, 0.1) is 18.0 Å². The quantitative estimate of drug-likeness (QED) is 0.260. The molecule has 2 heterocycles. The molecule has 3 aromatic carbocycles. The summed E-state index contributed by atoms with van der Waals surface area (Å²) in [5, 5.41) is 6.22. The molecule has 12 heteroatoms. The van der Waals surface area contributed by atoms with E-state index >= 15 is 4.39 Å². The lowest BCUT2D eigenvalue weighted by molar-refractivity contribution is -0.121. The van der Waals surface area contributed by atoms with Crippen LogP contribution in [0.3, 0.4) is 0 Å². The third kappa shape index (κ3) is 8.25. The number of hydrogen-bond acceptors (Lipinski definition) is 7. The van der Waals surface area contributed by atoms with Crippen molar-refractivity contribution in [3.05, 3.63) is 101 Å². The van der Waals surface area contributed by atoms with E-state index in [0.29, 0.717) is 62.3 Å². The number of nitrogens with one attached hydrogen (secondary N) is 2. The van der Waals surface area contributed by atoms with E-state index in [2.05, 4.69) is 10.6 Å². The van der Waals surface area contributed by atoms with Crippen LogP contribution >= 0.6 is 0 Å². The van der Waals surface area contributed by atoms with Crippen LogP contribution in [0.25, 0.3) is 0 Å². The van der Waals surface area contributed by atoms with Gasteiger partial charge in [0, 0.05) is 51.2 Å². The van der Waals surface area contributed by atoms with E-state index in [1.54, 1.807) is 58.9 Å². The average Bonchev–Trinajstić information content (AvgIpc) is 3.93. The van der Waals surface area contributed by atoms with E-state index in [1.807, 2.05) is 0 Å². The highest BCUT2D eigenvalue weighted by molar-refractivity contribution is 7.89. The van der Waals surface area contributed by atoms with Gasteiger partial charge in [0.15, 0.2) is 5.78 Å². The van der Waals surface area contributed by atoms with Crippen LogP contribution in [0.2, 0.25) is 0 Å². The van der Waals surface area contributed by atoms with Gasteiger partial charge >= 0.3 is 6.09 Å². The first-order chi connectivity index (χ1) is 24.1. The Morgan fingerprint density at radius 2 is 1.74 bits per heavy atom. The van der Waals surface area contributed by atoms with E-state index in [-0.39, 0.29) is 34.9 Å². The summed E-state index contributed by atoms with van der Waals surface area (Å²) in [5.74, 6) is -1.80. The summed E-state index contributed by atoms with van der Waals surface area (Å²) >= 11 is 0. The summed E-state index contributed by atoms with van der Waals surface area (Å²) in [6.45, 7) is 2.52. The number of hydrogen-bond donors (Lipinski definition) is 2. The third-order valence-corrected chi connectivity index (χ3v) is 12.5. The Kier molecular flexibility index (Phi) is 11.3. The molecule has 3 aliphatic rings. The van der Waals surface area contributed by atoms with Gasteiger partial charge in [0.25, 0.3) is 0 Å². The molecule has 3 fully saturated rings. The van der Waals surface area contributed by atoms with Crippen LogP contribution in [0.5, 0.6) is 0 Å². The summed E-state index contributed by atoms with van der Waals surface area (Å²) in [5.41, 5.74) is 1.40. The van der Waals surface area contributed by atoms with Gasteiger partial charge in [-0.2, -0.15) is 4.31 Å². The molecule has 2 N–H and O–H groups in total. The minimum absolute atomic E-state index is 0.0534. The van der Waals surface area contributed by atoms with Gasteiger partial charge in [-0.1, -0.05) is 42.5 Å². The smallest absolute Gasteiger partial charge is 0.407 e. The number of alkyl carbamates (subject to hydrolysis) is 1. The second-order valence-corrected chi connectivity index (χ2v) is 15.7. The fraction of sp³-hybridized carbons (Fsp3) is 0.474. The maximum absolute atomic E-state index is 15.7. The number of rotatable bonds is 12. The topological polar surface area (TPSA) is 114 Å². The van der Waals surface area contributed by atoms with Crippen molar-refractivity contribution in [1.29, 1.82) is 0 Å². The van der Waals surface area contributed by atoms with E-state index in [1.165, 1.54) is 25.3 Å². The summed E-state index contributed by atoms with van der Waals surface area (Å²) in [6.07, 6.45) is 2.74. The molecule has 1 amide bonds. The Bertz CT molecular complexity index is 1750.